The van der Waals surface area contributed by atoms with Gasteiger partial charge in [-0.05, 0) is 24.8 Å². The van der Waals surface area contributed by atoms with Gasteiger partial charge in [0.2, 0.25) is 10.0 Å². The summed E-state index contributed by atoms with van der Waals surface area (Å²) in [6.07, 6.45) is 5.13. The van der Waals surface area contributed by atoms with Crippen LogP contribution in [0.15, 0.2) is 23.4 Å². The topological polar surface area (TPSA) is 94.3 Å². The van der Waals surface area contributed by atoms with E-state index in [1.807, 2.05) is 0 Å². The van der Waals surface area contributed by atoms with Crippen LogP contribution in [0.2, 0.25) is 0 Å². The summed E-state index contributed by atoms with van der Waals surface area (Å²) in [5.74, 6) is 0.676. The first-order valence-electron chi connectivity index (χ1n) is 5.86. The number of nitrogens with zero attached hydrogens (tertiary/aromatic N) is 1. The van der Waals surface area contributed by atoms with E-state index < -0.39 is 10.0 Å². The molecular formula is C11H17N3O3S. The molecule has 100 valence electrons. The highest BCUT2D eigenvalue weighted by Gasteiger charge is 2.21. The molecule has 3 N–H and O–H groups in total. The molecule has 7 heteroatoms. The van der Waals surface area contributed by atoms with Gasteiger partial charge in [-0.15, -0.1) is 0 Å². The number of nitrogen functional groups attached to an aromatic ring is 1. The van der Waals surface area contributed by atoms with Crippen LogP contribution < -0.4 is 10.5 Å². The Morgan fingerprint density at radius 3 is 2.94 bits per heavy atom. The molecule has 1 saturated carbocycles. The lowest BCUT2D eigenvalue weighted by molar-refractivity contribution is 0.129. The Kier molecular flexibility index (Phi) is 4.15. The number of rotatable bonds is 7. The number of anilines is 1. The first-order valence-corrected chi connectivity index (χ1v) is 7.35. The Balaban J connectivity index is 1.81. The number of aromatic nitrogens is 1. The molecule has 0 amide bonds. The van der Waals surface area contributed by atoms with Crippen molar-refractivity contribution in [3.05, 3.63) is 18.5 Å². The standard InChI is InChI=1S/C11H17N3O3S/c12-10-3-4-13-7-11(10)18(15,16)14-5-6-17-8-9-1-2-9/h3-4,7,9,14H,1-2,5-6,8H2,(H2,12,13). The number of pyridine rings is 1. The molecule has 1 aromatic heterocycles. The normalized spacial score (nSPS) is 15.8. The van der Waals surface area contributed by atoms with Gasteiger partial charge in [0.1, 0.15) is 4.90 Å². The number of nitrogens with one attached hydrogen (secondary N) is 1. The molecule has 2 rings (SSSR count). The van der Waals surface area contributed by atoms with E-state index in [9.17, 15) is 8.42 Å². The average Bonchev–Trinajstić information content (AvgIpc) is 3.13. The third-order valence-electron chi connectivity index (χ3n) is 2.69. The number of sulfonamides is 1. The van der Waals surface area contributed by atoms with Gasteiger partial charge in [-0.2, -0.15) is 0 Å². The molecule has 0 aliphatic heterocycles. The van der Waals surface area contributed by atoms with Crippen LogP contribution in [-0.2, 0) is 14.8 Å². The molecule has 0 saturated heterocycles. The molecule has 1 aliphatic rings. The van der Waals surface area contributed by atoms with Crippen LogP contribution in [0, 0.1) is 5.92 Å². The van der Waals surface area contributed by atoms with Gasteiger partial charge in [0.25, 0.3) is 0 Å². The smallest absolute Gasteiger partial charge is 0.244 e. The van der Waals surface area contributed by atoms with Gasteiger partial charge in [-0.3, -0.25) is 4.98 Å². The Morgan fingerprint density at radius 2 is 2.28 bits per heavy atom. The lowest BCUT2D eigenvalue weighted by atomic mass is 10.4. The quantitative estimate of drug-likeness (QED) is 0.699. The number of nitrogens with two attached hydrogens (primary N) is 1. The second kappa shape index (κ2) is 5.64. The minimum atomic E-state index is -3.59. The summed E-state index contributed by atoms with van der Waals surface area (Å²) < 4.78 is 31.5. The van der Waals surface area contributed by atoms with Gasteiger partial charge in [-0.1, -0.05) is 0 Å². The largest absolute Gasteiger partial charge is 0.398 e. The maximum atomic E-state index is 11.9. The first-order chi connectivity index (χ1) is 8.59. The van der Waals surface area contributed by atoms with Crippen LogP contribution in [-0.4, -0.2) is 33.2 Å². The van der Waals surface area contributed by atoms with E-state index in [4.69, 9.17) is 10.5 Å². The molecule has 0 spiro atoms. The summed E-state index contributed by atoms with van der Waals surface area (Å²) in [6.45, 7) is 1.33. The summed E-state index contributed by atoms with van der Waals surface area (Å²) in [5, 5.41) is 0. The van der Waals surface area contributed by atoms with Crippen molar-refractivity contribution < 1.29 is 13.2 Å². The third kappa shape index (κ3) is 3.66. The Labute approximate surface area is 107 Å². The molecule has 0 bridgehead atoms. The predicted molar refractivity (Wildman–Crippen MR) is 67.4 cm³/mol. The lowest BCUT2D eigenvalue weighted by Crippen LogP contribution is -2.28. The first kappa shape index (κ1) is 13.3. The van der Waals surface area contributed by atoms with E-state index in [2.05, 4.69) is 9.71 Å². The Hall–Kier alpha value is -1.18. The van der Waals surface area contributed by atoms with Crippen LogP contribution in [0.3, 0.4) is 0 Å². The Morgan fingerprint density at radius 1 is 1.50 bits per heavy atom. The van der Waals surface area contributed by atoms with Crippen LogP contribution in [0.4, 0.5) is 5.69 Å². The van der Waals surface area contributed by atoms with E-state index in [0.29, 0.717) is 12.5 Å². The Bertz CT molecular complexity index is 500. The molecule has 0 atom stereocenters. The van der Waals surface area contributed by atoms with Gasteiger partial charge in [-0.25, -0.2) is 13.1 Å². The van der Waals surface area contributed by atoms with Crippen LogP contribution >= 0.6 is 0 Å². The number of ether oxygens (including phenoxy) is 1. The number of hydrogen-bond acceptors (Lipinski definition) is 5. The van der Waals surface area contributed by atoms with Gasteiger partial charge in [0, 0.05) is 25.5 Å². The van der Waals surface area contributed by atoms with Crippen molar-refractivity contribution in [1.29, 1.82) is 0 Å². The molecule has 18 heavy (non-hydrogen) atoms. The van der Waals surface area contributed by atoms with Gasteiger partial charge < -0.3 is 10.5 Å². The molecule has 0 radical (unpaired) electrons. The summed E-state index contributed by atoms with van der Waals surface area (Å²) in [6, 6.07) is 1.46. The maximum Gasteiger partial charge on any atom is 0.244 e. The summed E-state index contributed by atoms with van der Waals surface area (Å²) >= 11 is 0. The highest BCUT2D eigenvalue weighted by Crippen LogP contribution is 2.28. The minimum absolute atomic E-state index is 0.00666. The van der Waals surface area contributed by atoms with Gasteiger partial charge in [0.05, 0.1) is 12.3 Å². The molecule has 1 fully saturated rings. The van der Waals surface area contributed by atoms with E-state index in [1.165, 1.54) is 31.3 Å². The molecule has 1 heterocycles. The van der Waals surface area contributed by atoms with Crippen LogP contribution in [0.1, 0.15) is 12.8 Å². The van der Waals surface area contributed by atoms with Crippen molar-refractivity contribution in [3.8, 4) is 0 Å². The van der Waals surface area contributed by atoms with E-state index in [0.717, 1.165) is 6.61 Å². The maximum absolute atomic E-state index is 11.9. The van der Waals surface area contributed by atoms with E-state index >= 15 is 0 Å². The zero-order chi connectivity index (χ0) is 13.0. The van der Waals surface area contributed by atoms with Crippen molar-refractivity contribution in [2.75, 3.05) is 25.5 Å². The van der Waals surface area contributed by atoms with Crippen LogP contribution in [0.5, 0.6) is 0 Å². The monoisotopic (exact) mass is 271 g/mol. The lowest BCUT2D eigenvalue weighted by Gasteiger charge is -2.08. The molecule has 0 unspecified atom stereocenters. The van der Waals surface area contributed by atoms with E-state index in [1.54, 1.807) is 0 Å². The molecule has 0 aromatic carbocycles. The summed E-state index contributed by atoms with van der Waals surface area (Å²) in [7, 11) is -3.59. The molecule has 6 nitrogen and oxygen atoms in total. The predicted octanol–water partition coefficient (Wildman–Crippen LogP) is 0.369. The third-order valence-corrected chi connectivity index (χ3v) is 4.20. The summed E-state index contributed by atoms with van der Waals surface area (Å²) in [5.41, 5.74) is 5.79. The van der Waals surface area contributed by atoms with Gasteiger partial charge in [0.15, 0.2) is 0 Å². The summed E-state index contributed by atoms with van der Waals surface area (Å²) in [4.78, 5) is 3.76. The molecular weight excluding hydrogens is 254 g/mol. The van der Waals surface area contributed by atoms with Crippen molar-refractivity contribution >= 4 is 15.7 Å². The van der Waals surface area contributed by atoms with Crippen molar-refractivity contribution in [3.63, 3.8) is 0 Å². The highest BCUT2D eigenvalue weighted by atomic mass is 32.2. The highest BCUT2D eigenvalue weighted by molar-refractivity contribution is 7.89. The average molecular weight is 271 g/mol. The SMILES string of the molecule is Nc1ccncc1S(=O)(=O)NCCOCC1CC1. The zero-order valence-electron chi connectivity index (χ0n) is 10.0. The fourth-order valence-electron chi connectivity index (χ4n) is 1.48. The van der Waals surface area contributed by atoms with Crippen LogP contribution in [0.25, 0.3) is 0 Å². The fourth-order valence-corrected chi connectivity index (χ4v) is 2.56. The fraction of sp³-hybridized carbons (Fsp3) is 0.545. The molecule has 1 aromatic rings. The minimum Gasteiger partial charge on any atom is -0.398 e. The second-order valence-electron chi connectivity index (χ2n) is 4.33. The zero-order valence-corrected chi connectivity index (χ0v) is 10.8. The second-order valence-corrected chi connectivity index (χ2v) is 6.06. The number of hydrogen-bond donors (Lipinski definition) is 2. The van der Waals surface area contributed by atoms with Crippen molar-refractivity contribution in [2.24, 2.45) is 5.92 Å². The van der Waals surface area contributed by atoms with Gasteiger partial charge >= 0.3 is 0 Å². The van der Waals surface area contributed by atoms with Crippen molar-refractivity contribution in [2.45, 2.75) is 17.7 Å². The van der Waals surface area contributed by atoms with E-state index in [-0.39, 0.29) is 17.1 Å². The molecule has 1 aliphatic carbocycles. The van der Waals surface area contributed by atoms with Crippen molar-refractivity contribution in [1.82, 2.24) is 9.71 Å².